The largest absolute Gasteiger partial charge is 0.497 e. The number of halogens is 1. The molecule has 0 bridgehead atoms. The molecule has 0 aliphatic carbocycles. The summed E-state index contributed by atoms with van der Waals surface area (Å²) in [5, 5.41) is 2.70. The van der Waals surface area contributed by atoms with Crippen molar-refractivity contribution in [3.8, 4) is 11.5 Å². The minimum Gasteiger partial charge on any atom is -0.497 e. The Morgan fingerprint density at radius 1 is 1.10 bits per heavy atom. The zero-order valence-electron chi connectivity index (χ0n) is 16.3. The normalized spacial score (nSPS) is 14.3. The summed E-state index contributed by atoms with van der Waals surface area (Å²) < 4.78 is 23.8. The lowest BCUT2D eigenvalue weighted by Crippen LogP contribution is -3.15. The van der Waals surface area contributed by atoms with Crippen molar-refractivity contribution in [1.29, 1.82) is 0 Å². The van der Waals surface area contributed by atoms with Gasteiger partial charge in [-0.2, -0.15) is 0 Å². The molecule has 2 amide bonds. The number of nitrogens with one attached hydrogen (secondary N) is 2. The molecule has 7 nitrogen and oxygen atoms in total. The summed E-state index contributed by atoms with van der Waals surface area (Å²) >= 11 is 0. The molecule has 1 fully saturated rings. The van der Waals surface area contributed by atoms with Gasteiger partial charge in [0.15, 0.2) is 13.2 Å². The zero-order chi connectivity index (χ0) is 20.6. The number of ether oxygens (including phenoxy) is 2. The van der Waals surface area contributed by atoms with Crippen LogP contribution in [0.15, 0.2) is 48.5 Å². The summed E-state index contributed by atoms with van der Waals surface area (Å²) in [4.78, 5) is 27.3. The maximum atomic E-state index is 13.2. The van der Waals surface area contributed by atoms with Crippen molar-refractivity contribution in [2.75, 3.05) is 51.8 Å². The predicted molar refractivity (Wildman–Crippen MR) is 106 cm³/mol. The molecule has 2 aromatic rings. The average molecular weight is 402 g/mol. The number of carbonyl (C=O) groups excluding carboxylic acids is 2. The first-order chi connectivity index (χ1) is 14.0. The van der Waals surface area contributed by atoms with Crippen LogP contribution in [0.5, 0.6) is 11.5 Å². The summed E-state index contributed by atoms with van der Waals surface area (Å²) in [6.45, 7) is 2.72. The maximum Gasteiger partial charge on any atom is 0.279 e. The number of amides is 2. The Morgan fingerprint density at radius 2 is 1.79 bits per heavy atom. The molecule has 0 atom stereocenters. The molecule has 1 heterocycles. The monoisotopic (exact) mass is 402 g/mol. The maximum absolute atomic E-state index is 13.2. The average Bonchev–Trinajstić information content (AvgIpc) is 2.73. The van der Waals surface area contributed by atoms with Crippen molar-refractivity contribution >= 4 is 17.5 Å². The molecule has 0 radical (unpaired) electrons. The second-order valence-electron chi connectivity index (χ2n) is 6.83. The lowest BCUT2D eigenvalue weighted by Gasteiger charge is -2.31. The highest BCUT2D eigenvalue weighted by atomic mass is 19.1. The third-order valence-corrected chi connectivity index (χ3v) is 4.76. The summed E-state index contributed by atoms with van der Waals surface area (Å²) in [7, 11) is 1.59. The van der Waals surface area contributed by atoms with Crippen molar-refractivity contribution in [1.82, 2.24) is 4.90 Å². The van der Waals surface area contributed by atoms with Crippen molar-refractivity contribution in [3.05, 3.63) is 54.3 Å². The van der Waals surface area contributed by atoms with Gasteiger partial charge < -0.3 is 24.6 Å². The summed E-state index contributed by atoms with van der Waals surface area (Å²) in [6, 6.07) is 12.9. The fourth-order valence-electron chi connectivity index (χ4n) is 3.16. The van der Waals surface area contributed by atoms with Crippen LogP contribution < -0.4 is 19.7 Å². The molecular formula is C21H25FN3O4+. The number of benzene rings is 2. The van der Waals surface area contributed by atoms with E-state index in [1.807, 2.05) is 0 Å². The highest BCUT2D eigenvalue weighted by Crippen LogP contribution is 2.17. The molecule has 8 heteroatoms. The minimum absolute atomic E-state index is 0.0261. The van der Waals surface area contributed by atoms with Crippen LogP contribution in [0.25, 0.3) is 0 Å². The van der Waals surface area contributed by atoms with Gasteiger partial charge in [0.2, 0.25) is 0 Å². The predicted octanol–water partition coefficient (Wildman–Crippen LogP) is 0.579. The summed E-state index contributed by atoms with van der Waals surface area (Å²) in [5.41, 5.74) is 0.443. The number of nitrogens with zero attached hydrogens (tertiary/aromatic N) is 1. The number of hydrogen-bond donors (Lipinski definition) is 2. The number of rotatable bonds is 7. The second-order valence-corrected chi connectivity index (χ2v) is 6.83. The molecule has 1 saturated heterocycles. The van der Waals surface area contributed by atoms with Gasteiger partial charge in [-0.3, -0.25) is 9.59 Å². The van der Waals surface area contributed by atoms with Gasteiger partial charge in [-0.15, -0.1) is 0 Å². The van der Waals surface area contributed by atoms with Crippen LogP contribution in [-0.2, 0) is 9.59 Å². The highest BCUT2D eigenvalue weighted by Gasteiger charge is 2.25. The van der Waals surface area contributed by atoms with E-state index in [0.29, 0.717) is 37.6 Å². The van der Waals surface area contributed by atoms with Crippen LogP contribution in [0.4, 0.5) is 10.1 Å². The topological polar surface area (TPSA) is 72.3 Å². The molecule has 0 unspecified atom stereocenters. The van der Waals surface area contributed by atoms with E-state index >= 15 is 0 Å². The van der Waals surface area contributed by atoms with Crippen LogP contribution in [-0.4, -0.2) is 63.2 Å². The first-order valence-corrected chi connectivity index (χ1v) is 9.47. The quantitative estimate of drug-likeness (QED) is 0.711. The van der Waals surface area contributed by atoms with E-state index in [1.165, 1.54) is 12.1 Å². The van der Waals surface area contributed by atoms with Crippen molar-refractivity contribution in [2.45, 2.75) is 0 Å². The summed E-state index contributed by atoms with van der Waals surface area (Å²) in [6.07, 6.45) is 0. The number of carbonyl (C=O) groups is 2. The Hall–Kier alpha value is -3.13. The molecule has 1 aliphatic rings. The highest BCUT2D eigenvalue weighted by molar-refractivity contribution is 5.91. The van der Waals surface area contributed by atoms with E-state index in [4.69, 9.17) is 9.47 Å². The van der Waals surface area contributed by atoms with Gasteiger partial charge in [-0.05, 0) is 42.5 Å². The van der Waals surface area contributed by atoms with Crippen molar-refractivity contribution in [3.63, 3.8) is 0 Å². The molecule has 3 rings (SSSR count). The number of methoxy groups -OCH3 is 1. The molecule has 0 spiro atoms. The van der Waals surface area contributed by atoms with Gasteiger partial charge in [-0.1, -0.05) is 6.07 Å². The molecule has 0 saturated carbocycles. The Labute approximate surface area is 169 Å². The first-order valence-electron chi connectivity index (χ1n) is 9.47. The molecule has 2 N–H and O–H groups in total. The standard InChI is InChI=1S/C21H24FN3O4/c1-28-18-5-7-19(8-6-18)29-15-21(27)25-11-9-24(10-12-25)14-20(26)23-17-4-2-3-16(22)13-17/h2-8,13H,9-12,14-15H2,1H3,(H,23,26)/p+1. The van der Waals surface area contributed by atoms with E-state index < -0.39 is 0 Å². The first kappa shape index (κ1) is 20.6. The van der Waals surface area contributed by atoms with Gasteiger partial charge in [0.1, 0.15) is 17.3 Å². The van der Waals surface area contributed by atoms with Crippen molar-refractivity contribution in [2.24, 2.45) is 0 Å². The van der Waals surface area contributed by atoms with Gasteiger partial charge in [0.25, 0.3) is 11.8 Å². The lowest BCUT2D eigenvalue weighted by atomic mass is 10.3. The van der Waals surface area contributed by atoms with Crippen LogP contribution >= 0.6 is 0 Å². The van der Waals surface area contributed by atoms with E-state index in [-0.39, 0.29) is 30.8 Å². The van der Waals surface area contributed by atoms with Crippen LogP contribution in [0, 0.1) is 5.82 Å². The number of hydrogen-bond acceptors (Lipinski definition) is 4. The number of piperazine rings is 1. The zero-order valence-corrected chi connectivity index (χ0v) is 16.3. The Kier molecular flexibility index (Phi) is 7.02. The van der Waals surface area contributed by atoms with E-state index in [1.54, 1.807) is 48.4 Å². The van der Waals surface area contributed by atoms with Crippen molar-refractivity contribution < 1.29 is 28.4 Å². The molecule has 1 aliphatic heterocycles. The van der Waals surface area contributed by atoms with Gasteiger partial charge >= 0.3 is 0 Å². The van der Waals surface area contributed by atoms with Crippen LogP contribution in [0.1, 0.15) is 0 Å². The minimum atomic E-state index is -0.390. The lowest BCUT2D eigenvalue weighted by molar-refractivity contribution is -0.895. The smallest absolute Gasteiger partial charge is 0.279 e. The molecular weight excluding hydrogens is 377 g/mol. The van der Waals surface area contributed by atoms with E-state index in [2.05, 4.69) is 5.32 Å². The molecule has 154 valence electrons. The number of quaternary nitrogens is 1. The second kappa shape index (κ2) is 9.88. The van der Waals surface area contributed by atoms with Crippen LogP contribution in [0.3, 0.4) is 0 Å². The molecule has 0 aromatic heterocycles. The van der Waals surface area contributed by atoms with E-state index in [0.717, 1.165) is 10.6 Å². The van der Waals surface area contributed by atoms with Crippen LogP contribution in [0.2, 0.25) is 0 Å². The SMILES string of the molecule is COc1ccc(OCC(=O)N2CC[NH+](CC(=O)Nc3cccc(F)c3)CC2)cc1. The Bertz CT molecular complexity index is 836. The van der Waals surface area contributed by atoms with Gasteiger partial charge in [0.05, 0.1) is 33.3 Å². The Balaban J connectivity index is 1.38. The third-order valence-electron chi connectivity index (χ3n) is 4.76. The number of anilines is 1. The van der Waals surface area contributed by atoms with E-state index in [9.17, 15) is 14.0 Å². The fraction of sp³-hybridized carbons (Fsp3) is 0.333. The van der Waals surface area contributed by atoms with Gasteiger partial charge in [-0.25, -0.2) is 4.39 Å². The molecule has 2 aromatic carbocycles. The summed E-state index contributed by atoms with van der Waals surface area (Å²) in [5.74, 6) is 0.693. The third kappa shape index (κ3) is 6.18. The fourth-order valence-corrected chi connectivity index (χ4v) is 3.16. The Morgan fingerprint density at radius 3 is 2.45 bits per heavy atom. The molecule has 29 heavy (non-hydrogen) atoms. The van der Waals surface area contributed by atoms with Gasteiger partial charge in [0, 0.05) is 5.69 Å².